The molecule has 0 aromatic carbocycles. The van der Waals surface area contributed by atoms with E-state index in [0.29, 0.717) is 17.2 Å². The molecule has 0 radical (unpaired) electrons. The lowest BCUT2D eigenvalue weighted by atomic mass is 10.1. The minimum absolute atomic E-state index is 0.398. The second-order valence-corrected chi connectivity index (χ2v) is 2.61. The molecule has 0 spiro atoms. The van der Waals surface area contributed by atoms with Crippen LogP contribution in [0.15, 0.2) is 12.3 Å². The van der Waals surface area contributed by atoms with Gasteiger partial charge in [0.05, 0.1) is 25.9 Å². The summed E-state index contributed by atoms with van der Waals surface area (Å²) in [4.78, 5) is 3.96. The minimum Gasteiger partial charge on any atom is -0.496 e. The Balaban J connectivity index is 3.21. The van der Waals surface area contributed by atoms with Gasteiger partial charge in [0.1, 0.15) is 5.75 Å². The van der Waals surface area contributed by atoms with Gasteiger partial charge in [-0.3, -0.25) is 0 Å². The molecule has 0 fully saturated rings. The van der Waals surface area contributed by atoms with Crippen molar-refractivity contribution in [1.82, 2.24) is 4.98 Å². The van der Waals surface area contributed by atoms with Gasteiger partial charge >= 0.3 is 0 Å². The van der Waals surface area contributed by atoms with Gasteiger partial charge in [-0.1, -0.05) is 0 Å². The summed E-state index contributed by atoms with van der Waals surface area (Å²) in [6.45, 7) is 1.64. The van der Waals surface area contributed by atoms with Crippen molar-refractivity contribution >= 4 is 0 Å². The molecule has 0 amide bonds. The van der Waals surface area contributed by atoms with Gasteiger partial charge in [0.25, 0.3) is 0 Å². The Kier molecular flexibility index (Phi) is 3.08. The molecule has 1 rings (SSSR count). The molecular formula is C9H13NO3. The maximum absolute atomic E-state index is 9.45. The SMILES string of the molecule is COc1ccnc(OC)c1[C@H](C)O. The van der Waals surface area contributed by atoms with Gasteiger partial charge in [0.15, 0.2) is 0 Å². The summed E-state index contributed by atoms with van der Waals surface area (Å²) in [6.07, 6.45) is 0.919. The van der Waals surface area contributed by atoms with E-state index in [0.717, 1.165) is 0 Å². The third-order valence-corrected chi connectivity index (χ3v) is 1.74. The fourth-order valence-corrected chi connectivity index (χ4v) is 1.16. The van der Waals surface area contributed by atoms with Crippen molar-refractivity contribution in [2.75, 3.05) is 14.2 Å². The first-order valence-electron chi connectivity index (χ1n) is 3.95. The van der Waals surface area contributed by atoms with Gasteiger partial charge in [-0.25, -0.2) is 4.98 Å². The first kappa shape index (κ1) is 9.80. The first-order valence-corrected chi connectivity index (χ1v) is 3.95. The molecule has 0 unspecified atom stereocenters. The van der Waals surface area contributed by atoms with Crippen LogP contribution in [0.1, 0.15) is 18.6 Å². The monoisotopic (exact) mass is 183 g/mol. The van der Waals surface area contributed by atoms with Crippen LogP contribution in [-0.2, 0) is 0 Å². The molecule has 1 aromatic heterocycles. The van der Waals surface area contributed by atoms with E-state index in [9.17, 15) is 5.11 Å². The molecule has 0 bridgehead atoms. The highest BCUT2D eigenvalue weighted by Crippen LogP contribution is 2.31. The Labute approximate surface area is 77.1 Å². The third-order valence-electron chi connectivity index (χ3n) is 1.74. The molecule has 1 heterocycles. The summed E-state index contributed by atoms with van der Waals surface area (Å²) in [5.41, 5.74) is 0.576. The van der Waals surface area contributed by atoms with E-state index in [1.807, 2.05) is 0 Å². The zero-order valence-corrected chi connectivity index (χ0v) is 7.94. The number of hydrogen-bond donors (Lipinski definition) is 1. The summed E-state index contributed by atoms with van der Waals surface area (Å²) >= 11 is 0. The lowest BCUT2D eigenvalue weighted by Crippen LogP contribution is -2.01. The second kappa shape index (κ2) is 4.09. The van der Waals surface area contributed by atoms with Gasteiger partial charge in [-0.05, 0) is 13.0 Å². The van der Waals surface area contributed by atoms with Crippen LogP contribution in [0.2, 0.25) is 0 Å². The van der Waals surface area contributed by atoms with Crippen molar-refractivity contribution in [2.45, 2.75) is 13.0 Å². The Bertz CT molecular complexity index is 264. The van der Waals surface area contributed by atoms with Crippen LogP contribution in [0.3, 0.4) is 0 Å². The van der Waals surface area contributed by atoms with Crippen LogP contribution in [0.5, 0.6) is 11.6 Å². The number of nitrogens with zero attached hydrogens (tertiary/aromatic N) is 1. The lowest BCUT2D eigenvalue weighted by molar-refractivity contribution is 0.187. The van der Waals surface area contributed by atoms with E-state index >= 15 is 0 Å². The van der Waals surface area contributed by atoms with E-state index in [-0.39, 0.29) is 0 Å². The smallest absolute Gasteiger partial charge is 0.222 e. The molecule has 1 N–H and O–H groups in total. The van der Waals surface area contributed by atoms with Crippen molar-refractivity contribution in [1.29, 1.82) is 0 Å². The van der Waals surface area contributed by atoms with Crippen LogP contribution < -0.4 is 9.47 Å². The highest BCUT2D eigenvalue weighted by molar-refractivity contribution is 5.41. The normalized spacial score (nSPS) is 12.3. The Morgan fingerprint density at radius 2 is 2.08 bits per heavy atom. The summed E-state index contributed by atoms with van der Waals surface area (Å²) < 4.78 is 10.1. The summed E-state index contributed by atoms with van der Waals surface area (Å²) in [6, 6.07) is 1.69. The Hall–Kier alpha value is -1.29. The quantitative estimate of drug-likeness (QED) is 0.763. The summed E-state index contributed by atoms with van der Waals surface area (Å²) in [5, 5.41) is 9.45. The number of aliphatic hydroxyl groups is 1. The van der Waals surface area contributed by atoms with E-state index in [2.05, 4.69) is 4.98 Å². The zero-order valence-electron chi connectivity index (χ0n) is 7.94. The van der Waals surface area contributed by atoms with E-state index in [1.165, 1.54) is 7.11 Å². The van der Waals surface area contributed by atoms with E-state index < -0.39 is 6.10 Å². The van der Waals surface area contributed by atoms with Gasteiger partial charge in [0.2, 0.25) is 5.88 Å². The topological polar surface area (TPSA) is 51.6 Å². The predicted octanol–water partition coefficient (Wildman–Crippen LogP) is 1.15. The fraction of sp³-hybridized carbons (Fsp3) is 0.444. The molecule has 0 saturated carbocycles. The molecule has 0 aliphatic rings. The largest absolute Gasteiger partial charge is 0.496 e. The molecule has 1 atom stereocenters. The second-order valence-electron chi connectivity index (χ2n) is 2.61. The van der Waals surface area contributed by atoms with E-state index in [4.69, 9.17) is 9.47 Å². The standard InChI is InChI=1S/C9H13NO3/c1-6(11)8-7(12-2)4-5-10-9(8)13-3/h4-6,11H,1-3H3/t6-/m0/s1. The van der Waals surface area contributed by atoms with Crippen molar-refractivity contribution in [3.8, 4) is 11.6 Å². The Morgan fingerprint density at radius 3 is 2.54 bits per heavy atom. The van der Waals surface area contributed by atoms with Crippen LogP contribution >= 0.6 is 0 Å². The van der Waals surface area contributed by atoms with Crippen molar-refractivity contribution < 1.29 is 14.6 Å². The average molecular weight is 183 g/mol. The summed E-state index contributed by atoms with van der Waals surface area (Å²) in [7, 11) is 3.05. The molecular weight excluding hydrogens is 170 g/mol. The van der Waals surface area contributed by atoms with Crippen LogP contribution in [-0.4, -0.2) is 24.3 Å². The van der Waals surface area contributed by atoms with Gasteiger partial charge in [-0.15, -0.1) is 0 Å². The Morgan fingerprint density at radius 1 is 1.38 bits per heavy atom. The van der Waals surface area contributed by atoms with Gasteiger partial charge in [-0.2, -0.15) is 0 Å². The molecule has 72 valence electrons. The predicted molar refractivity (Wildman–Crippen MR) is 48.0 cm³/mol. The zero-order chi connectivity index (χ0) is 9.84. The average Bonchev–Trinajstić information content (AvgIpc) is 2.16. The number of ether oxygens (including phenoxy) is 2. The van der Waals surface area contributed by atoms with Gasteiger partial charge < -0.3 is 14.6 Å². The van der Waals surface area contributed by atoms with Crippen molar-refractivity contribution in [3.63, 3.8) is 0 Å². The molecule has 4 nitrogen and oxygen atoms in total. The fourth-order valence-electron chi connectivity index (χ4n) is 1.16. The number of aromatic nitrogens is 1. The summed E-state index contributed by atoms with van der Waals surface area (Å²) in [5.74, 6) is 0.983. The molecule has 0 aliphatic heterocycles. The number of rotatable bonds is 3. The molecule has 13 heavy (non-hydrogen) atoms. The highest BCUT2D eigenvalue weighted by Gasteiger charge is 2.15. The molecule has 0 aliphatic carbocycles. The lowest BCUT2D eigenvalue weighted by Gasteiger charge is -2.13. The maximum Gasteiger partial charge on any atom is 0.222 e. The number of methoxy groups -OCH3 is 2. The molecule has 0 saturated heterocycles. The maximum atomic E-state index is 9.45. The molecule has 4 heteroatoms. The van der Waals surface area contributed by atoms with Crippen LogP contribution in [0, 0.1) is 0 Å². The first-order chi connectivity index (χ1) is 6.20. The minimum atomic E-state index is -0.654. The number of hydrogen-bond acceptors (Lipinski definition) is 4. The van der Waals surface area contributed by atoms with Crippen molar-refractivity contribution in [2.24, 2.45) is 0 Å². The third kappa shape index (κ3) is 1.89. The van der Waals surface area contributed by atoms with E-state index in [1.54, 1.807) is 26.3 Å². The highest BCUT2D eigenvalue weighted by atomic mass is 16.5. The van der Waals surface area contributed by atoms with Gasteiger partial charge in [0, 0.05) is 6.20 Å². The number of aliphatic hydroxyl groups excluding tert-OH is 1. The van der Waals surface area contributed by atoms with Crippen LogP contribution in [0.4, 0.5) is 0 Å². The van der Waals surface area contributed by atoms with Crippen molar-refractivity contribution in [3.05, 3.63) is 17.8 Å². The van der Waals surface area contributed by atoms with Crippen LogP contribution in [0.25, 0.3) is 0 Å². The molecule has 1 aromatic rings. The number of pyridine rings is 1.